The van der Waals surface area contributed by atoms with Crippen molar-refractivity contribution < 1.29 is 9.22 Å². The van der Waals surface area contributed by atoms with Gasteiger partial charge in [0.1, 0.15) is 0 Å². The zero-order chi connectivity index (χ0) is 8.20. The van der Waals surface area contributed by atoms with Gasteiger partial charge in [0.15, 0.2) is 0 Å². The molecule has 0 bridgehead atoms. The monoisotopic (exact) mass is 191 g/mol. The van der Waals surface area contributed by atoms with Crippen LogP contribution in [0.15, 0.2) is 12.7 Å². The van der Waals surface area contributed by atoms with E-state index in [1.165, 1.54) is 0 Å². The normalized spacial score (nSPS) is 8.92. The van der Waals surface area contributed by atoms with Crippen molar-refractivity contribution in [3.8, 4) is 0 Å². The topological polar surface area (TPSA) is 61.3 Å². The Hall–Kier alpha value is -0.613. The summed E-state index contributed by atoms with van der Waals surface area (Å²) in [5.74, 6) is -0.158. The van der Waals surface area contributed by atoms with E-state index >= 15 is 0 Å². The maximum Gasteiger partial charge on any atom is 0.296 e. The Morgan fingerprint density at radius 1 is 1.50 bits per heavy atom. The minimum atomic E-state index is -1.65. The molecule has 3 nitrogen and oxygen atoms in total. The lowest BCUT2D eigenvalue weighted by Crippen LogP contribution is -2.28. The molecule has 0 atom stereocenters. The van der Waals surface area contributed by atoms with E-state index in [0.717, 1.165) is 0 Å². The molecule has 0 aliphatic heterocycles. The predicted octanol–water partition coefficient (Wildman–Crippen LogP) is 2.74. The van der Waals surface area contributed by atoms with Crippen LogP contribution in [0.1, 0.15) is 13.8 Å². The molecular formula is C8H21NO2Si. The van der Waals surface area contributed by atoms with Crippen molar-refractivity contribution in [2.24, 2.45) is 0 Å². The molecule has 12 heavy (non-hydrogen) atoms. The minimum Gasteiger partial charge on any atom is -0.520 e. The van der Waals surface area contributed by atoms with Crippen molar-refractivity contribution in [1.29, 1.82) is 0 Å². The fourth-order valence-electron chi connectivity index (χ4n) is 0.501. The Labute approximate surface area is 76.5 Å². The fourth-order valence-corrected chi connectivity index (χ4v) is 1.27. The molecule has 0 aromatic heterocycles. The summed E-state index contributed by atoms with van der Waals surface area (Å²) < 4.78 is 5.11. The van der Waals surface area contributed by atoms with E-state index in [1.807, 2.05) is 19.6 Å². The summed E-state index contributed by atoms with van der Waals surface area (Å²) >= 11 is 0. The maximum atomic E-state index is 10.8. The van der Waals surface area contributed by atoms with Crippen LogP contribution in [0.3, 0.4) is 0 Å². The van der Waals surface area contributed by atoms with E-state index in [0.29, 0.717) is 6.42 Å². The molecule has 4 heteroatoms. The Kier molecular flexibility index (Phi) is 10.3. The van der Waals surface area contributed by atoms with Gasteiger partial charge in [-0.3, -0.25) is 4.79 Å². The molecule has 0 unspecified atom stereocenters. The molecule has 74 valence electrons. The molecule has 0 rings (SSSR count). The maximum absolute atomic E-state index is 10.8. The van der Waals surface area contributed by atoms with Crippen molar-refractivity contribution in [2.75, 3.05) is 0 Å². The van der Waals surface area contributed by atoms with Crippen LogP contribution < -0.4 is 6.15 Å². The third-order valence-electron chi connectivity index (χ3n) is 0.731. The van der Waals surface area contributed by atoms with Crippen molar-refractivity contribution in [1.82, 2.24) is 6.15 Å². The molecule has 0 saturated heterocycles. The lowest BCUT2D eigenvalue weighted by Gasteiger charge is -2.16. The standard InChI is InChI=1S/C7H14O2Si.CH4.H3N/c1-5-6-7(8)9-10(2,3)4;;/h5H,1,6H2,2-4H3;1H4;1H3. The van der Waals surface area contributed by atoms with Crippen LogP contribution in [-0.4, -0.2) is 14.3 Å². The minimum absolute atomic E-state index is 0. The lowest BCUT2D eigenvalue weighted by atomic mass is 10.4. The smallest absolute Gasteiger partial charge is 0.296 e. The van der Waals surface area contributed by atoms with Crippen LogP contribution in [-0.2, 0) is 9.22 Å². The zero-order valence-electron chi connectivity index (χ0n) is 7.52. The first kappa shape index (κ1) is 17.5. The van der Waals surface area contributed by atoms with Gasteiger partial charge in [-0.2, -0.15) is 0 Å². The molecule has 0 radical (unpaired) electrons. The quantitative estimate of drug-likeness (QED) is 0.551. The summed E-state index contributed by atoms with van der Waals surface area (Å²) in [7, 11) is -1.65. The molecule has 0 heterocycles. The summed E-state index contributed by atoms with van der Waals surface area (Å²) in [6.45, 7) is 9.39. The van der Waals surface area contributed by atoms with Crippen molar-refractivity contribution in [3.05, 3.63) is 12.7 Å². The van der Waals surface area contributed by atoms with Gasteiger partial charge in [-0.1, -0.05) is 13.5 Å². The third-order valence-corrected chi connectivity index (χ3v) is 1.57. The third kappa shape index (κ3) is 12.1. The van der Waals surface area contributed by atoms with Crippen LogP contribution in [0.5, 0.6) is 0 Å². The second-order valence-corrected chi connectivity index (χ2v) is 7.51. The Balaban J connectivity index is -0.000000405. The molecule has 0 amide bonds. The summed E-state index contributed by atoms with van der Waals surface area (Å²) in [4.78, 5) is 10.8. The highest BCUT2D eigenvalue weighted by molar-refractivity contribution is 6.71. The largest absolute Gasteiger partial charge is 0.520 e. The van der Waals surface area contributed by atoms with Gasteiger partial charge < -0.3 is 10.6 Å². The average Bonchev–Trinajstić information content (AvgIpc) is 1.59. The van der Waals surface area contributed by atoms with Crippen LogP contribution in [0.2, 0.25) is 19.6 Å². The number of hydrogen-bond acceptors (Lipinski definition) is 3. The van der Waals surface area contributed by atoms with Crippen molar-refractivity contribution >= 4 is 14.3 Å². The number of carbonyl (C=O) groups is 1. The van der Waals surface area contributed by atoms with Gasteiger partial charge in [0, 0.05) is 0 Å². The van der Waals surface area contributed by atoms with Gasteiger partial charge in [0.25, 0.3) is 5.97 Å². The summed E-state index contributed by atoms with van der Waals surface area (Å²) in [5.41, 5.74) is 0. The van der Waals surface area contributed by atoms with Crippen LogP contribution in [0.25, 0.3) is 0 Å². The molecule has 0 aromatic rings. The van der Waals surface area contributed by atoms with E-state index in [1.54, 1.807) is 6.08 Å². The van der Waals surface area contributed by atoms with Gasteiger partial charge in [-0.15, -0.1) is 6.58 Å². The van der Waals surface area contributed by atoms with E-state index in [9.17, 15) is 4.79 Å². The Morgan fingerprint density at radius 3 is 2.17 bits per heavy atom. The summed E-state index contributed by atoms with van der Waals surface area (Å²) in [6, 6.07) is 0. The van der Waals surface area contributed by atoms with Crippen LogP contribution in [0, 0.1) is 0 Å². The Morgan fingerprint density at radius 2 is 1.92 bits per heavy atom. The zero-order valence-corrected chi connectivity index (χ0v) is 8.52. The summed E-state index contributed by atoms with van der Waals surface area (Å²) in [6.07, 6.45) is 1.88. The van der Waals surface area contributed by atoms with E-state index in [-0.39, 0.29) is 19.5 Å². The first-order valence-corrected chi connectivity index (χ1v) is 6.69. The van der Waals surface area contributed by atoms with E-state index in [4.69, 9.17) is 4.43 Å². The summed E-state index contributed by atoms with van der Waals surface area (Å²) in [5, 5.41) is 0. The fraction of sp³-hybridized carbons (Fsp3) is 0.625. The van der Waals surface area contributed by atoms with Gasteiger partial charge >= 0.3 is 0 Å². The lowest BCUT2D eigenvalue weighted by molar-refractivity contribution is -0.134. The van der Waals surface area contributed by atoms with E-state index < -0.39 is 8.32 Å². The van der Waals surface area contributed by atoms with Crippen molar-refractivity contribution in [3.63, 3.8) is 0 Å². The molecule has 3 N–H and O–H groups in total. The second-order valence-electron chi connectivity index (χ2n) is 3.08. The van der Waals surface area contributed by atoms with Crippen LogP contribution >= 0.6 is 0 Å². The molecule has 0 spiro atoms. The first-order chi connectivity index (χ1) is 4.45. The van der Waals surface area contributed by atoms with Gasteiger partial charge in [-0.25, -0.2) is 0 Å². The van der Waals surface area contributed by atoms with Crippen LogP contribution in [0.4, 0.5) is 0 Å². The second kappa shape index (κ2) is 7.06. The molecule has 0 aliphatic carbocycles. The number of rotatable bonds is 3. The highest BCUT2D eigenvalue weighted by Gasteiger charge is 2.18. The van der Waals surface area contributed by atoms with Crippen molar-refractivity contribution in [2.45, 2.75) is 33.5 Å². The molecule has 0 fully saturated rings. The predicted molar refractivity (Wildman–Crippen MR) is 56.0 cm³/mol. The molecule has 0 saturated carbocycles. The highest BCUT2D eigenvalue weighted by atomic mass is 28.4. The van der Waals surface area contributed by atoms with E-state index in [2.05, 4.69) is 6.58 Å². The van der Waals surface area contributed by atoms with Gasteiger partial charge in [-0.05, 0) is 19.6 Å². The molecular weight excluding hydrogens is 170 g/mol. The molecule has 0 aliphatic rings. The van der Waals surface area contributed by atoms with Gasteiger partial charge in [0.2, 0.25) is 8.32 Å². The number of hydrogen-bond donors (Lipinski definition) is 1. The SMILES string of the molecule is C.C=CCC(=O)O[Si](C)(C)C.N. The average molecular weight is 191 g/mol. The molecule has 0 aromatic carbocycles. The first-order valence-electron chi connectivity index (χ1n) is 3.28. The van der Waals surface area contributed by atoms with Gasteiger partial charge in [0.05, 0.1) is 6.42 Å². The Bertz CT molecular complexity index is 140. The number of carbonyl (C=O) groups excluding carboxylic acids is 1. The highest BCUT2D eigenvalue weighted by Crippen LogP contribution is 2.03.